The molecule has 2 rings (SSSR count). The van der Waals surface area contributed by atoms with Crippen LogP contribution < -0.4 is 5.32 Å². The fourth-order valence-electron chi connectivity index (χ4n) is 5.10. The first-order valence-electron chi connectivity index (χ1n) is 12.8. The lowest BCUT2D eigenvalue weighted by Gasteiger charge is -2.32. The molecule has 0 spiro atoms. The van der Waals surface area contributed by atoms with Crippen LogP contribution in [0.2, 0.25) is 0 Å². The maximum Gasteiger partial charge on any atom is 0.408 e. The maximum atomic E-state index is 13.8. The summed E-state index contributed by atoms with van der Waals surface area (Å²) in [7, 11) is -1.88. The van der Waals surface area contributed by atoms with Crippen molar-refractivity contribution in [3.05, 3.63) is 0 Å². The second kappa shape index (κ2) is 13.1. The Balaban J connectivity index is 2.06. The van der Waals surface area contributed by atoms with Crippen molar-refractivity contribution < 1.29 is 28.2 Å². The first kappa shape index (κ1) is 28.2. The molecule has 3 atom stereocenters. The Morgan fingerprint density at radius 1 is 0.939 bits per heavy atom. The maximum absolute atomic E-state index is 13.8. The molecule has 3 unspecified atom stereocenters. The molecule has 0 aliphatic heterocycles. The standard InChI is InChI=1S/C25H46NO6P/c1-25(2,3)32-24(28)26-22(17-20-14-10-7-11-15-20)33(5,29)31-18-21(23(27)30-4)16-19-12-8-6-9-13-19/h19-22H,6-18H2,1-5H3,(H,26,28). The number of hydrogen-bond donors (Lipinski definition) is 1. The highest BCUT2D eigenvalue weighted by molar-refractivity contribution is 7.58. The number of rotatable bonds is 10. The Kier molecular flexibility index (Phi) is 11.2. The lowest BCUT2D eigenvalue weighted by Crippen LogP contribution is -2.40. The molecule has 2 saturated carbocycles. The van der Waals surface area contributed by atoms with Gasteiger partial charge in [0.05, 0.1) is 19.6 Å². The van der Waals surface area contributed by atoms with Crippen molar-refractivity contribution in [3.63, 3.8) is 0 Å². The Hall–Kier alpha value is -1.07. The van der Waals surface area contributed by atoms with Crippen LogP contribution in [0.25, 0.3) is 0 Å². The summed E-state index contributed by atoms with van der Waals surface area (Å²) in [4.78, 5) is 25.0. The number of hydrogen-bond acceptors (Lipinski definition) is 6. The Labute approximate surface area is 200 Å². The average Bonchev–Trinajstić information content (AvgIpc) is 2.75. The number of carbonyl (C=O) groups is 2. The number of ether oxygens (including phenoxy) is 2. The first-order chi connectivity index (χ1) is 15.5. The van der Waals surface area contributed by atoms with Gasteiger partial charge in [0.2, 0.25) is 7.37 Å². The summed E-state index contributed by atoms with van der Waals surface area (Å²) in [6.45, 7) is 7.03. The van der Waals surface area contributed by atoms with Gasteiger partial charge in [-0.05, 0) is 45.4 Å². The van der Waals surface area contributed by atoms with Crippen molar-refractivity contribution in [1.29, 1.82) is 0 Å². The molecule has 0 radical (unpaired) electrons. The van der Waals surface area contributed by atoms with Crippen molar-refractivity contribution >= 4 is 19.4 Å². The Morgan fingerprint density at radius 2 is 1.45 bits per heavy atom. The third kappa shape index (κ3) is 10.4. The molecule has 1 N–H and O–H groups in total. The number of methoxy groups -OCH3 is 1. The summed E-state index contributed by atoms with van der Waals surface area (Å²) < 4.78 is 30.2. The third-order valence-corrected chi connectivity index (χ3v) is 9.07. The van der Waals surface area contributed by atoms with Gasteiger partial charge < -0.3 is 19.3 Å². The molecule has 1 amide bonds. The normalized spacial score (nSPS) is 22.1. The van der Waals surface area contributed by atoms with E-state index in [4.69, 9.17) is 14.0 Å². The summed E-state index contributed by atoms with van der Waals surface area (Å²) >= 11 is 0. The summed E-state index contributed by atoms with van der Waals surface area (Å²) in [6, 6.07) is 0. The number of esters is 1. The van der Waals surface area contributed by atoms with Gasteiger partial charge in [0.1, 0.15) is 11.4 Å². The first-order valence-corrected chi connectivity index (χ1v) is 14.9. The van der Waals surface area contributed by atoms with E-state index in [1.54, 1.807) is 27.4 Å². The van der Waals surface area contributed by atoms with Gasteiger partial charge in [0.25, 0.3) is 0 Å². The lowest BCUT2D eigenvalue weighted by atomic mass is 9.83. The highest BCUT2D eigenvalue weighted by Gasteiger charge is 2.36. The van der Waals surface area contributed by atoms with E-state index in [0.717, 1.165) is 38.5 Å². The number of carbonyl (C=O) groups excluding carboxylic acids is 2. The fourth-order valence-corrected chi connectivity index (χ4v) is 6.78. The molecule has 0 aromatic heterocycles. The van der Waals surface area contributed by atoms with Gasteiger partial charge in [0, 0.05) is 6.66 Å². The topological polar surface area (TPSA) is 90.9 Å². The van der Waals surface area contributed by atoms with Crippen LogP contribution in [0.5, 0.6) is 0 Å². The zero-order valence-electron chi connectivity index (χ0n) is 21.4. The molecular formula is C25H46NO6P. The highest BCUT2D eigenvalue weighted by atomic mass is 31.2. The van der Waals surface area contributed by atoms with Crippen LogP contribution in [0.15, 0.2) is 0 Å². The number of nitrogens with one attached hydrogen (secondary N) is 1. The van der Waals surface area contributed by atoms with E-state index >= 15 is 0 Å². The summed E-state index contributed by atoms with van der Waals surface area (Å²) in [6.07, 6.45) is 12.2. The van der Waals surface area contributed by atoms with Gasteiger partial charge in [-0.25, -0.2) is 4.79 Å². The molecule has 0 aromatic rings. The Bertz CT molecular complexity index is 664. The minimum atomic E-state index is -3.27. The van der Waals surface area contributed by atoms with E-state index in [0.29, 0.717) is 24.7 Å². The van der Waals surface area contributed by atoms with Crippen LogP contribution in [-0.2, 0) is 23.4 Å². The molecule has 8 heteroatoms. The van der Waals surface area contributed by atoms with Gasteiger partial charge in [0.15, 0.2) is 0 Å². The van der Waals surface area contributed by atoms with Gasteiger partial charge in [-0.15, -0.1) is 0 Å². The molecule has 0 bridgehead atoms. The van der Waals surface area contributed by atoms with Gasteiger partial charge in [-0.3, -0.25) is 9.36 Å². The molecule has 0 aromatic carbocycles. The third-order valence-electron chi connectivity index (χ3n) is 6.94. The molecule has 0 heterocycles. The zero-order chi connectivity index (χ0) is 24.5. The van der Waals surface area contributed by atoms with E-state index in [2.05, 4.69) is 5.32 Å². The molecule has 0 saturated heterocycles. The van der Waals surface area contributed by atoms with Gasteiger partial charge in [-0.2, -0.15) is 0 Å². The molecule has 192 valence electrons. The molecule has 2 aliphatic carbocycles. The lowest BCUT2D eigenvalue weighted by molar-refractivity contribution is -0.147. The van der Waals surface area contributed by atoms with Crippen LogP contribution in [0.4, 0.5) is 4.79 Å². The molecule has 2 aliphatic rings. The van der Waals surface area contributed by atoms with E-state index in [-0.39, 0.29) is 12.6 Å². The van der Waals surface area contributed by atoms with Crippen LogP contribution in [0, 0.1) is 17.8 Å². The predicted molar refractivity (Wildman–Crippen MR) is 131 cm³/mol. The van der Waals surface area contributed by atoms with Crippen molar-refractivity contribution in [3.8, 4) is 0 Å². The van der Waals surface area contributed by atoms with E-state index in [1.165, 1.54) is 32.8 Å². The largest absolute Gasteiger partial charge is 0.469 e. The van der Waals surface area contributed by atoms with Crippen LogP contribution in [0.3, 0.4) is 0 Å². The predicted octanol–water partition coefficient (Wildman–Crippen LogP) is 6.49. The minimum absolute atomic E-state index is 0.0497. The zero-order valence-corrected chi connectivity index (χ0v) is 22.3. The van der Waals surface area contributed by atoms with Crippen molar-refractivity contribution in [2.24, 2.45) is 17.8 Å². The van der Waals surface area contributed by atoms with E-state index in [9.17, 15) is 14.2 Å². The second-order valence-corrected chi connectivity index (χ2v) is 13.8. The van der Waals surface area contributed by atoms with Crippen LogP contribution >= 0.6 is 7.37 Å². The van der Waals surface area contributed by atoms with Crippen molar-refractivity contribution in [1.82, 2.24) is 5.32 Å². The van der Waals surface area contributed by atoms with Gasteiger partial charge in [-0.1, -0.05) is 64.2 Å². The van der Waals surface area contributed by atoms with Crippen molar-refractivity contribution in [2.45, 2.75) is 109 Å². The van der Waals surface area contributed by atoms with Crippen molar-refractivity contribution in [2.75, 3.05) is 20.4 Å². The summed E-state index contributed by atoms with van der Waals surface area (Å²) in [5.74, 6) is -0.522. The van der Waals surface area contributed by atoms with E-state index in [1.807, 2.05) is 0 Å². The SMILES string of the molecule is COC(=O)C(COP(C)(=O)C(CC1CCCCC1)NC(=O)OC(C)(C)C)CC1CCCCC1. The quantitative estimate of drug-likeness (QED) is 0.280. The molecule has 7 nitrogen and oxygen atoms in total. The second-order valence-electron chi connectivity index (χ2n) is 11.1. The fraction of sp³-hybridized carbons (Fsp3) is 0.920. The minimum Gasteiger partial charge on any atom is -0.469 e. The van der Waals surface area contributed by atoms with Gasteiger partial charge >= 0.3 is 12.1 Å². The number of amides is 1. The molecular weight excluding hydrogens is 441 g/mol. The highest BCUT2D eigenvalue weighted by Crippen LogP contribution is 2.51. The van der Waals surface area contributed by atoms with E-state index < -0.39 is 30.8 Å². The smallest absolute Gasteiger partial charge is 0.408 e. The van der Waals surface area contributed by atoms with Crippen LogP contribution in [-0.4, -0.2) is 43.8 Å². The molecule has 2 fully saturated rings. The molecule has 33 heavy (non-hydrogen) atoms. The monoisotopic (exact) mass is 487 g/mol. The van der Waals surface area contributed by atoms with Crippen LogP contribution in [0.1, 0.15) is 97.8 Å². The summed E-state index contributed by atoms with van der Waals surface area (Å²) in [5.41, 5.74) is -0.645. The average molecular weight is 488 g/mol. The summed E-state index contributed by atoms with van der Waals surface area (Å²) in [5, 5.41) is 2.84. The Morgan fingerprint density at radius 3 is 1.94 bits per heavy atom. The number of alkyl carbamates (subject to hydrolysis) is 1.